The second-order valence-electron chi connectivity index (χ2n) is 15.0. The van der Waals surface area contributed by atoms with Gasteiger partial charge in [-0.1, -0.05) is 112 Å². The van der Waals surface area contributed by atoms with Gasteiger partial charge in [0.15, 0.2) is 5.82 Å². The summed E-state index contributed by atoms with van der Waals surface area (Å²) >= 11 is 3.56. The van der Waals surface area contributed by atoms with Gasteiger partial charge in [-0.3, -0.25) is 0 Å². The Balaban J connectivity index is 0.963. The zero-order valence-electron chi connectivity index (χ0n) is 29.1. The van der Waals surface area contributed by atoms with E-state index < -0.39 is 0 Å². The second kappa shape index (κ2) is 10.6. The van der Waals surface area contributed by atoms with Crippen molar-refractivity contribution in [3.63, 3.8) is 0 Å². The molecule has 0 N–H and O–H groups in total. The number of fused-ring (bicyclic) bond motifs is 12. The second-order valence-corrected chi connectivity index (χ2v) is 17.1. The number of aromatic nitrogens is 2. The Morgan fingerprint density at radius 1 is 0.500 bits per heavy atom. The molecule has 6 aromatic carbocycles. The van der Waals surface area contributed by atoms with Crippen LogP contribution in [0.25, 0.3) is 44.9 Å². The first-order chi connectivity index (χ1) is 25.3. The van der Waals surface area contributed by atoms with Crippen LogP contribution in [-0.2, 0) is 10.8 Å². The van der Waals surface area contributed by atoms with Gasteiger partial charge in [0.2, 0.25) is 0 Å². The highest BCUT2D eigenvalue weighted by atomic mass is 32.2. The molecule has 0 unspecified atom stereocenters. The van der Waals surface area contributed by atoms with Crippen LogP contribution in [0.15, 0.2) is 141 Å². The van der Waals surface area contributed by atoms with Gasteiger partial charge in [0.1, 0.15) is 23.0 Å². The van der Waals surface area contributed by atoms with E-state index in [0.717, 1.165) is 65.2 Å². The van der Waals surface area contributed by atoms with Crippen molar-refractivity contribution in [3.05, 3.63) is 144 Å². The maximum atomic E-state index is 6.61. The summed E-state index contributed by atoms with van der Waals surface area (Å²) in [7, 11) is 0. The highest BCUT2D eigenvalue weighted by molar-refractivity contribution is 7.99. The van der Waals surface area contributed by atoms with E-state index in [0.29, 0.717) is 0 Å². The zero-order chi connectivity index (χ0) is 34.9. The van der Waals surface area contributed by atoms with Crippen LogP contribution in [0.5, 0.6) is 23.0 Å². The molecule has 0 atom stereocenters. The monoisotopic (exact) mass is 708 g/mol. The zero-order valence-corrected chi connectivity index (χ0v) is 30.7. The molecule has 4 nitrogen and oxygen atoms in total. The number of rotatable bonds is 2. The fraction of sp³-hybridized carbons (Fsp3) is 0.130. The van der Waals surface area contributed by atoms with E-state index in [1.807, 2.05) is 24.4 Å². The Morgan fingerprint density at radius 2 is 1.02 bits per heavy atom. The fourth-order valence-corrected chi connectivity index (χ4v) is 10.5. The molecule has 11 rings (SSSR count). The van der Waals surface area contributed by atoms with E-state index in [4.69, 9.17) is 19.4 Å². The van der Waals surface area contributed by atoms with Crippen molar-refractivity contribution >= 4 is 23.5 Å². The van der Waals surface area contributed by atoms with Crippen molar-refractivity contribution in [1.29, 1.82) is 0 Å². The predicted molar refractivity (Wildman–Crippen MR) is 209 cm³/mol. The van der Waals surface area contributed by atoms with Gasteiger partial charge >= 0.3 is 0 Å². The van der Waals surface area contributed by atoms with Gasteiger partial charge in [0.05, 0.1) is 25.3 Å². The van der Waals surface area contributed by atoms with Crippen LogP contribution in [-0.4, -0.2) is 9.97 Å². The summed E-state index contributed by atoms with van der Waals surface area (Å²) in [5.41, 5.74) is 12.5. The summed E-state index contributed by atoms with van der Waals surface area (Å²) in [5.74, 6) is 4.47. The molecule has 0 amide bonds. The molecule has 2 aliphatic heterocycles. The Bertz CT molecular complexity index is 2530. The molecule has 2 aliphatic carbocycles. The van der Waals surface area contributed by atoms with Gasteiger partial charge in [-0.25, -0.2) is 9.97 Å². The third kappa shape index (κ3) is 4.19. The highest BCUT2D eigenvalue weighted by Gasteiger charge is 2.41. The molecule has 4 aliphatic rings. The predicted octanol–water partition coefficient (Wildman–Crippen LogP) is 12.9. The first kappa shape index (κ1) is 30.3. The average Bonchev–Trinajstić information content (AvgIpc) is 3.55. The molecular weight excluding hydrogens is 677 g/mol. The van der Waals surface area contributed by atoms with Crippen molar-refractivity contribution in [3.8, 4) is 67.9 Å². The lowest BCUT2D eigenvalue weighted by Gasteiger charge is -2.25. The Hall–Kier alpha value is -5.30. The fourth-order valence-electron chi connectivity index (χ4n) is 8.57. The summed E-state index contributed by atoms with van der Waals surface area (Å²) in [6.45, 7) is 9.23. The smallest absolute Gasteiger partial charge is 0.159 e. The Morgan fingerprint density at radius 3 is 1.60 bits per heavy atom. The van der Waals surface area contributed by atoms with Crippen LogP contribution in [0.1, 0.15) is 49.9 Å². The van der Waals surface area contributed by atoms with Crippen molar-refractivity contribution in [2.24, 2.45) is 0 Å². The van der Waals surface area contributed by atoms with Crippen LogP contribution in [0, 0.1) is 0 Å². The minimum absolute atomic E-state index is 0.194. The maximum absolute atomic E-state index is 6.61. The van der Waals surface area contributed by atoms with E-state index in [2.05, 4.69) is 125 Å². The van der Waals surface area contributed by atoms with Gasteiger partial charge in [0.25, 0.3) is 0 Å². The van der Waals surface area contributed by atoms with Crippen LogP contribution in [0.2, 0.25) is 0 Å². The van der Waals surface area contributed by atoms with E-state index in [1.54, 1.807) is 23.5 Å². The van der Waals surface area contributed by atoms with Crippen molar-refractivity contribution in [1.82, 2.24) is 9.97 Å². The van der Waals surface area contributed by atoms with E-state index in [1.165, 1.54) is 44.5 Å². The summed E-state index contributed by atoms with van der Waals surface area (Å²) in [4.78, 5) is 14.6. The lowest BCUT2D eigenvalue weighted by Crippen LogP contribution is -2.15. The van der Waals surface area contributed by atoms with Crippen molar-refractivity contribution < 1.29 is 9.47 Å². The number of hydrogen-bond acceptors (Lipinski definition) is 6. The normalized spacial score (nSPS) is 15.8. The van der Waals surface area contributed by atoms with Crippen LogP contribution in [0.3, 0.4) is 0 Å². The lowest BCUT2D eigenvalue weighted by atomic mass is 9.81. The molecular formula is C46H32N2O2S2. The molecule has 3 heterocycles. The van der Waals surface area contributed by atoms with Gasteiger partial charge in [-0.2, -0.15) is 0 Å². The van der Waals surface area contributed by atoms with Crippen LogP contribution in [0.4, 0.5) is 0 Å². The molecule has 7 aromatic rings. The quantitative estimate of drug-likeness (QED) is 0.178. The number of para-hydroxylation sites is 2. The number of benzene rings is 6. The molecule has 0 fully saturated rings. The summed E-state index contributed by atoms with van der Waals surface area (Å²) < 4.78 is 13.2. The van der Waals surface area contributed by atoms with E-state index >= 15 is 0 Å². The molecule has 0 radical (unpaired) electrons. The van der Waals surface area contributed by atoms with E-state index in [9.17, 15) is 0 Å². The molecule has 1 aromatic heterocycles. The molecule has 0 saturated carbocycles. The molecule has 6 heteroatoms. The molecule has 0 saturated heterocycles. The minimum atomic E-state index is -0.206. The van der Waals surface area contributed by atoms with Gasteiger partial charge in [0, 0.05) is 39.3 Å². The van der Waals surface area contributed by atoms with Crippen molar-refractivity contribution in [2.75, 3.05) is 0 Å². The molecule has 52 heavy (non-hydrogen) atoms. The summed E-state index contributed by atoms with van der Waals surface area (Å²) in [6, 6.07) is 41.0. The van der Waals surface area contributed by atoms with E-state index in [-0.39, 0.29) is 10.8 Å². The molecule has 0 spiro atoms. The molecule has 0 bridgehead atoms. The lowest BCUT2D eigenvalue weighted by molar-refractivity contribution is 0.455. The van der Waals surface area contributed by atoms with Gasteiger partial charge < -0.3 is 9.47 Å². The standard InChI is InChI=1S/C46H32N2O2S2/c1-45(2)29-17-19-38-42(49-34-9-5-7-11-36(34)51-38)40(29)27-15-13-25(23-31(27)45)33-21-22-47-44(48-33)26-14-16-28-32(24-26)46(3,4)30-18-20-39-43(41(28)30)50-35-10-6-8-12-37(35)52-39/h5-24H,1-4H3. The Labute approximate surface area is 311 Å². The third-order valence-electron chi connectivity index (χ3n) is 11.3. The van der Waals surface area contributed by atoms with Gasteiger partial charge in [-0.05, 0) is 88.0 Å². The third-order valence-corrected chi connectivity index (χ3v) is 13.5. The maximum Gasteiger partial charge on any atom is 0.159 e. The SMILES string of the molecule is CC1(C)c2cc(-c3ccnc(-c4ccc5c(c4)C(C)(C)c4ccc6c(c4-5)Oc4ccccc4S6)n3)ccc2-c2c1ccc1c2Oc2ccccc2S1. The summed E-state index contributed by atoms with van der Waals surface area (Å²) in [5, 5.41) is 0. The van der Waals surface area contributed by atoms with Gasteiger partial charge in [-0.15, -0.1) is 0 Å². The minimum Gasteiger partial charge on any atom is -0.454 e. The number of hydrogen-bond donors (Lipinski definition) is 0. The number of nitrogens with zero attached hydrogens (tertiary/aromatic N) is 2. The molecule has 250 valence electrons. The van der Waals surface area contributed by atoms with Crippen LogP contribution < -0.4 is 9.47 Å². The van der Waals surface area contributed by atoms with Crippen LogP contribution >= 0.6 is 23.5 Å². The highest BCUT2D eigenvalue weighted by Crippen LogP contribution is 2.60. The average molecular weight is 709 g/mol. The first-order valence-corrected chi connectivity index (χ1v) is 19.3. The number of ether oxygens (including phenoxy) is 2. The Kier molecular flexibility index (Phi) is 6.20. The largest absolute Gasteiger partial charge is 0.454 e. The first-order valence-electron chi connectivity index (χ1n) is 17.6. The summed E-state index contributed by atoms with van der Waals surface area (Å²) in [6.07, 6.45) is 1.88. The topological polar surface area (TPSA) is 44.2 Å². The van der Waals surface area contributed by atoms with Crippen molar-refractivity contribution in [2.45, 2.75) is 58.1 Å².